The minimum Gasteiger partial charge on any atom is -0.398 e. The van der Waals surface area contributed by atoms with Crippen molar-refractivity contribution in [2.24, 2.45) is 0 Å². The van der Waals surface area contributed by atoms with Crippen LogP contribution in [0.1, 0.15) is 19.4 Å². The highest BCUT2D eigenvalue weighted by atomic mass is 19.4. The van der Waals surface area contributed by atoms with Crippen LogP contribution in [0.25, 0.3) is 0 Å². The number of halogens is 3. The fraction of sp³-hybridized carbons (Fsp3) is 0.500. The summed E-state index contributed by atoms with van der Waals surface area (Å²) in [5.41, 5.74) is 4.59. The number of rotatable bonds is 5. The van der Waals surface area contributed by atoms with Crippen LogP contribution >= 0.6 is 0 Å². The van der Waals surface area contributed by atoms with Crippen LogP contribution < -0.4 is 11.1 Å². The Hall–Kier alpha value is -1.43. The Morgan fingerprint density at radius 3 is 2.61 bits per heavy atom. The van der Waals surface area contributed by atoms with Crippen LogP contribution in [0.3, 0.4) is 0 Å². The Balaban J connectivity index is 2.74. The zero-order chi connectivity index (χ0) is 13.8. The Morgan fingerprint density at radius 2 is 2.06 bits per heavy atom. The lowest BCUT2D eigenvalue weighted by Gasteiger charge is -2.16. The number of benzene rings is 1. The molecule has 0 heterocycles. The standard InChI is InChI=1S/C12H17F3N2O/c1-3-18-8(2)7-17-9-4-5-11(16)10(6-9)12(13,14)15/h4-6,8,17H,3,7,16H2,1-2H3. The van der Waals surface area contributed by atoms with Gasteiger partial charge in [-0.05, 0) is 32.0 Å². The molecule has 0 aliphatic carbocycles. The van der Waals surface area contributed by atoms with Gasteiger partial charge in [-0.2, -0.15) is 13.2 Å². The highest BCUT2D eigenvalue weighted by Gasteiger charge is 2.33. The number of ether oxygens (including phenoxy) is 1. The van der Waals surface area contributed by atoms with Gasteiger partial charge in [0.1, 0.15) is 0 Å². The number of alkyl halides is 3. The van der Waals surface area contributed by atoms with E-state index in [1.54, 1.807) is 0 Å². The summed E-state index contributed by atoms with van der Waals surface area (Å²) in [7, 11) is 0. The molecule has 0 aromatic heterocycles. The molecule has 0 saturated carbocycles. The lowest BCUT2D eigenvalue weighted by Crippen LogP contribution is -2.20. The smallest absolute Gasteiger partial charge is 0.398 e. The van der Waals surface area contributed by atoms with E-state index in [1.165, 1.54) is 12.1 Å². The van der Waals surface area contributed by atoms with E-state index in [0.29, 0.717) is 18.8 Å². The van der Waals surface area contributed by atoms with E-state index in [2.05, 4.69) is 5.32 Å². The van der Waals surface area contributed by atoms with Gasteiger partial charge in [0.25, 0.3) is 0 Å². The molecule has 0 fully saturated rings. The summed E-state index contributed by atoms with van der Waals surface area (Å²) in [4.78, 5) is 0. The van der Waals surface area contributed by atoms with Crippen molar-refractivity contribution in [3.8, 4) is 0 Å². The highest BCUT2D eigenvalue weighted by Crippen LogP contribution is 2.35. The van der Waals surface area contributed by atoms with Gasteiger partial charge in [0, 0.05) is 24.5 Å². The van der Waals surface area contributed by atoms with Crippen LogP contribution in [0.4, 0.5) is 24.5 Å². The van der Waals surface area contributed by atoms with Crippen molar-refractivity contribution < 1.29 is 17.9 Å². The maximum atomic E-state index is 12.6. The van der Waals surface area contributed by atoms with E-state index >= 15 is 0 Å². The Kier molecular flexibility index (Phi) is 4.84. The van der Waals surface area contributed by atoms with Gasteiger partial charge < -0.3 is 15.8 Å². The first-order valence-electron chi connectivity index (χ1n) is 5.66. The van der Waals surface area contributed by atoms with Gasteiger partial charge in [-0.3, -0.25) is 0 Å². The summed E-state index contributed by atoms with van der Waals surface area (Å²) < 4.78 is 43.1. The molecule has 1 atom stereocenters. The molecule has 3 nitrogen and oxygen atoms in total. The van der Waals surface area contributed by atoms with E-state index in [4.69, 9.17) is 10.5 Å². The van der Waals surface area contributed by atoms with E-state index in [0.717, 1.165) is 6.07 Å². The molecule has 0 amide bonds. The third-order valence-corrected chi connectivity index (χ3v) is 2.40. The monoisotopic (exact) mass is 262 g/mol. The molecule has 1 aromatic rings. The third-order valence-electron chi connectivity index (χ3n) is 2.40. The van der Waals surface area contributed by atoms with Crippen molar-refractivity contribution >= 4 is 11.4 Å². The topological polar surface area (TPSA) is 47.3 Å². The van der Waals surface area contributed by atoms with Gasteiger partial charge in [0.2, 0.25) is 0 Å². The largest absolute Gasteiger partial charge is 0.418 e. The van der Waals surface area contributed by atoms with Gasteiger partial charge in [-0.25, -0.2) is 0 Å². The van der Waals surface area contributed by atoms with Crippen LogP contribution in [-0.2, 0) is 10.9 Å². The first kappa shape index (κ1) is 14.6. The SMILES string of the molecule is CCOC(C)CNc1ccc(N)c(C(F)(F)F)c1. The maximum absolute atomic E-state index is 12.6. The molecule has 1 rings (SSSR count). The van der Waals surface area contributed by atoms with Crippen molar-refractivity contribution in [2.45, 2.75) is 26.1 Å². The van der Waals surface area contributed by atoms with Crippen LogP contribution in [-0.4, -0.2) is 19.3 Å². The summed E-state index contributed by atoms with van der Waals surface area (Å²) in [6, 6.07) is 3.77. The van der Waals surface area contributed by atoms with Crippen LogP contribution in [0.15, 0.2) is 18.2 Å². The molecular weight excluding hydrogens is 245 g/mol. The van der Waals surface area contributed by atoms with Crippen LogP contribution in [0, 0.1) is 0 Å². The fourth-order valence-electron chi connectivity index (χ4n) is 1.52. The van der Waals surface area contributed by atoms with Crippen molar-refractivity contribution in [3.63, 3.8) is 0 Å². The molecule has 1 aromatic carbocycles. The van der Waals surface area contributed by atoms with E-state index in [9.17, 15) is 13.2 Å². The predicted molar refractivity (Wildman–Crippen MR) is 65.4 cm³/mol. The average molecular weight is 262 g/mol. The van der Waals surface area contributed by atoms with Crippen molar-refractivity contribution in [1.82, 2.24) is 0 Å². The first-order valence-corrected chi connectivity index (χ1v) is 5.66. The number of nitrogens with two attached hydrogens (primary N) is 1. The summed E-state index contributed by atoms with van der Waals surface area (Å²) in [6.07, 6.45) is -4.50. The second kappa shape index (κ2) is 5.95. The van der Waals surface area contributed by atoms with Crippen LogP contribution in [0.2, 0.25) is 0 Å². The second-order valence-corrected chi connectivity index (χ2v) is 3.95. The molecule has 18 heavy (non-hydrogen) atoms. The third kappa shape index (κ3) is 4.10. The number of hydrogen-bond acceptors (Lipinski definition) is 3. The zero-order valence-corrected chi connectivity index (χ0v) is 10.3. The Bertz CT molecular complexity index is 393. The number of nitrogen functional groups attached to an aromatic ring is 1. The van der Waals surface area contributed by atoms with E-state index < -0.39 is 11.7 Å². The molecule has 0 radical (unpaired) electrons. The summed E-state index contributed by atoms with van der Waals surface area (Å²) in [5.74, 6) is 0. The van der Waals surface area contributed by atoms with Crippen molar-refractivity contribution in [2.75, 3.05) is 24.2 Å². The number of anilines is 2. The molecule has 0 spiro atoms. The minimum atomic E-state index is -4.44. The van der Waals surface area contributed by atoms with Gasteiger partial charge in [0.15, 0.2) is 0 Å². The first-order chi connectivity index (χ1) is 8.34. The normalized spacial score (nSPS) is 13.4. The molecule has 0 bridgehead atoms. The molecule has 102 valence electrons. The molecule has 0 aliphatic heterocycles. The lowest BCUT2D eigenvalue weighted by molar-refractivity contribution is -0.136. The Labute approximate surface area is 104 Å². The molecular formula is C12H17F3N2O. The minimum absolute atomic E-state index is 0.0677. The second-order valence-electron chi connectivity index (χ2n) is 3.95. The lowest BCUT2D eigenvalue weighted by atomic mass is 10.1. The van der Waals surface area contributed by atoms with E-state index in [-0.39, 0.29) is 11.8 Å². The van der Waals surface area contributed by atoms with Crippen molar-refractivity contribution in [1.29, 1.82) is 0 Å². The summed E-state index contributed by atoms with van der Waals surface area (Å²) >= 11 is 0. The van der Waals surface area contributed by atoms with Gasteiger partial charge >= 0.3 is 6.18 Å². The fourth-order valence-corrected chi connectivity index (χ4v) is 1.52. The van der Waals surface area contributed by atoms with Crippen LogP contribution in [0.5, 0.6) is 0 Å². The zero-order valence-electron chi connectivity index (χ0n) is 10.3. The molecule has 3 N–H and O–H groups in total. The van der Waals surface area contributed by atoms with Gasteiger partial charge in [-0.1, -0.05) is 0 Å². The van der Waals surface area contributed by atoms with Crippen molar-refractivity contribution in [3.05, 3.63) is 23.8 Å². The highest BCUT2D eigenvalue weighted by molar-refractivity contribution is 5.58. The average Bonchev–Trinajstić information content (AvgIpc) is 2.27. The maximum Gasteiger partial charge on any atom is 0.418 e. The number of hydrogen-bond donors (Lipinski definition) is 2. The molecule has 0 saturated heterocycles. The molecule has 6 heteroatoms. The predicted octanol–water partition coefficient (Wildman–Crippen LogP) is 3.12. The number of nitrogens with one attached hydrogen (secondary N) is 1. The quantitative estimate of drug-likeness (QED) is 0.801. The van der Waals surface area contributed by atoms with E-state index in [1.807, 2.05) is 13.8 Å². The Morgan fingerprint density at radius 1 is 1.39 bits per heavy atom. The van der Waals surface area contributed by atoms with Gasteiger partial charge in [-0.15, -0.1) is 0 Å². The van der Waals surface area contributed by atoms with Gasteiger partial charge in [0.05, 0.1) is 11.7 Å². The summed E-state index contributed by atoms with van der Waals surface area (Å²) in [5, 5.41) is 2.89. The summed E-state index contributed by atoms with van der Waals surface area (Å²) in [6.45, 7) is 4.72. The molecule has 1 unspecified atom stereocenters. The molecule has 0 aliphatic rings.